The van der Waals surface area contributed by atoms with Gasteiger partial charge in [0.05, 0.1) is 20.8 Å². The number of ether oxygens (including phenoxy) is 2. The first-order chi connectivity index (χ1) is 32.8. The lowest BCUT2D eigenvalue weighted by Gasteiger charge is -2.57. The molecule has 1 aromatic carbocycles. The molecule has 19 heteroatoms. The maximum absolute atomic E-state index is 13.7. The number of carboxylic acid groups (broad SMARTS) is 2. The average molecular weight is 1000 g/mol. The highest BCUT2D eigenvalue weighted by Gasteiger charge is 2.61. The number of Topliss-reactive ketones (excluding diaryl/α,β-unsaturated/α-hetero) is 1. The predicted octanol–water partition coefficient (Wildman–Crippen LogP) is 7.72. The standard InChI is InChI=1S/C50H61N5O11S3/c1-27-15-17-49(4)31(21-27)8-9-32-34(49)16-18-50(5)35(32)22-28(2)43(50)39(56)25-66-48(64)65-19-20-67-68-26-38(47(62)63)53-41(57)13-11-37(46(60)61)54-45(59)40-12-14-42(69-40)55(6)24-30-7-10-36-33(23-30)44(58)52-29(3)51-36/h7,10,12,14-15,17,21,23,28,32,34-35,37-38,43H,1,8-9,11,13,16,18-20,22,24-26H2,2-6H3,(H,53,57)(H,54,59)(H,60,61)(H,62,63)(H,51,52,58)/t28?,32?,34?,35?,37-,38?,43?,49?,50?/m0/s1. The van der Waals surface area contributed by atoms with Crippen LogP contribution in [0.1, 0.15) is 86.8 Å². The van der Waals surface area contributed by atoms with E-state index in [1.165, 1.54) is 16.4 Å². The minimum atomic E-state index is -1.42. The number of thiophene rings is 1. The van der Waals surface area contributed by atoms with Crippen LogP contribution in [0.3, 0.4) is 0 Å². The van der Waals surface area contributed by atoms with E-state index >= 15 is 0 Å². The Balaban J connectivity index is 0.787. The van der Waals surface area contributed by atoms with Gasteiger partial charge in [-0.1, -0.05) is 78.8 Å². The fourth-order valence-corrected chi connectivity index (χ4v) is 14.4. The monoisotopic (exact) mass is 1000 g/mol. The number of hydrogen-bond donors (Lipinski definition) is 5. The normalized spacial score (nSPS) is 25.6. The lowest BCUT2D eigenvalue weighted by atomic mass is 9.47. The molecule has 2 aromatic heterocycles. The van der Waals surface area contributed by atoms with Crippen LogP contribution in [-0.2, 0) is 35.2 Å². The molecular formula is C50H61N5O11S3. The summed E-state index contributed by atoms with van der Waals surface area (Å²) in [6.45, 7) is 12.7. The number of aromatic amines is 1. The number of carboxylic acids is 2. The van der Waals surface area contributed by atoms with Crippen LogP contribution in [0.2, 0.25) is 0 Å². The van der Waals surface area contributed by atoms with Crippen LogP contribution in [0.5, 0.6) is 0 Å². The van der Waals surface area contributed by atoms with Gasteiger partial charge in [0.2, 0.25) is 5.91 Å². The largest absolute Gasteiger partial charge is 0.508 e. The number of carbonyl (C=O) groups is 6. The lowest BCUT2D eigenvalue weighted by molar-refractivity contribution is -0.142. The number of aliphatic carboxylic acids is 2. The molecule has 7 rings (SSSR count). The summed E-state index contributed by atoms with van der Waals surface area (Å²) in [4.78, 5) is 97.8. The van der Waals surface area contributed by atoms with Gasteiger partial charge in [-0.3, -0.25) is 19.2 Å². The highest BCUT2D eigenvalue weighted by Crippen LogP contribution is 2.67. The fraction of sp³-hybridized carbons (Fsp3) is 0.520. The number of anilines is 1. The molecule has 16 nitrogen and oxygen atoms in total. The van der Waals surface area contributed by atoms with Crippen molar-refractivity contribution in [1.29, 1.82) is 0 Å². The summed E-state index contributed by atoms with van der Waals surface area (Å²) in [6, 6.07) is 5.97. The summed E-state index contributed by atoms with van der Waals surface area (Å²) in [5, 5.41) is 25.6. The zero-order valence-electron chi connectivity index (χ0n) is 39.5. The summed E-state index contributed by atoms with van der Waals surface area (Å²) in [6.07, 6.45) is 10.3. The summed E-state index contributed by atoms with van der Waals surface area (Å²) >= 11 is 1.14. The van der Waals surface area contributed by atoms with Crippen LogP contribution in [-0.4, -0.2) is 99.7 Å². The molecule has 2 amide bonds. The number of aryl methyl sites for hydroxylation is 1. The van der Waals surface area contributed by atoms with Crippen LogP contribution in [0, 0.1) is 47.3 Å². The van der Waals surface area contributed by atoms with Crippen molar-refractivity contribution >= 4 is 84.5 Å². The first kappa shape index (κ1) is 51.5. The maximum atomic E-state index is 13.7. The number of rotatable bonds is 20. The maximum Gasteiger partial charge on any atom is 0.508 e. The number of nitrogens with one attached hydrogen (secondary N) is 3. The molecule has 3 saturated carbocycles. The van der Waals surface area contributed by atoms with E-state index in [-0.39, 0.29) is 76.4 Å². The smallest absolute Gasteiger partial charge is 0.480 e. The van der Waals surface area contributed by atoms with E-state index in [4.69, 9.17) is 9.47 Å². The Morgan fingerprint density at radius 3 is 2.55 bits per heavy atom. The van der Waals surface area contributed by atoms with Crippen LogP contribution in [0.25, 0.3) is 10.9 Å². The second-order valence-corrected chi connectivity index (χ2v) is 23.0. The van der Waals surface area contributed by atoms with E-state index < -0.39 is 42.0 Å². The molecule has 3 aromatic rings. The van der Waals surface area contributed by atoms with Gasteiger partial charge in [0, 0.05) is 42.9 Å². The molecule has 0 spiro atoms. The van der Waals surface area contributed by atoms with Crippen molar-refractivity contribution in [2.75, 3.05) is 36.7 Å². The molecule has 0 radical (unpaired) electrons. The van der Waals surface area contributed by atoms with Crippen molar-refractivity contribution in [3.05, 3.63) is 92.9 Å². The highest BCUT2D eigenvalue weighted by molar-refractivity contribution is 8.76. The molecule has 370 valence electrons. The van der Waals surface area contributed by atoms with Crippen molar-refractivity contribution < 1.29 is 48.5 Å². The Kier molecular flexibility index (Phi) is 16.2. The highest BCUT2D eigenvalue weighted by atomic mass is 33.1. The van der Waals surface area contributed by atoms with E-state index in [9.17, 15) is 43.8 Å². The SMILES string of the molecule is C=C1C=CC2(C)C(=C1)CCC1C2CCC2(C)C1CC(C)C2C(=O)COC(=O)OCCSSCC(NC(=O)CC[C@H](NC(=O)c1ccc(N(C)Cc2ccc3nc(C)[nH]c(=O)c3c2)s1)C(=O)O)C(=O)O. The minimum Gasteiger partial charge on any atom is -0.480 e. The second kappa shape index (κ2) is 21.7. The Bertz CT molecular complexity index is 2630. The van der Waals surface area contributed by atoms with Gasteiger partial charge in [-0.2, -0.15) is 0 Å². The number of benzene rings is 1. The van der Waals surface area contributed by atoms with E-state index in [2.05, 4.69) is 66.2 Å². The molecule has 9 atom stereocenters. The Morgan fingerprint density at radius 2 is 1.80 bits per heavy atom. The fourth-order valence-electron chi connectivity index (χ4n) is 11.5. The number of H-pyrrole nitrogens is 1. The zero-order chi connectivity index (χ0) is 49.8. The van der Waals surface area contributed by atoms with Gasteiger partial charge in [-0.25, -0.2) is 19.4 Å². The molecule has 4 aliphatic carbocycles. The third-order valence-electron chi connectivity index (χ3n) is 14.8. The molecule has 0 aliphatic heterocycles. The topological polar surface area (TPSA) is 234 Å². The lowest BCUT2D eigenvalue weighted by Crippen LogP contribution is -2.50. The Labute approximate surface area is 412 Å². The number of allylic oxidation sites excluding steroid dienone is 5. The van der Waals surface area contributed by atoms with Crippen molar-refractivity contribution in [3.63, 3.8) is 0 Å². The predicted molar refractivity (Wildman–Crippen MR) is 267 cm³/mol. The van der Waals surface area contributed by atoms with Gasteiger partial charge in [-0.05, 0) is 110 Å². The number of amides is 2. The molecule has 0 bridgehead atoms. The minimum absolute atomic E-state index is 0.0237. The molecule has 69 heavy (non-hydrogen) atoms. The molecule has 3 fully saturated rings. The van der Waals surface area contributed by atoms with Gasteiger partial charge in [-0.15, -0.1) is 11.3 Å². The van der Waals surface area contributed by atoms with Gasteiger partial charge >= 0.3 is 18.1 Å². The van der Waals surface area contributed by atoms with Crippen molar-refractivity contribution in [3.8, 4) is 0 Å². The average Bonchev–Trinajstić information content (AvgIpc) is 3.90. The van der Waals surface area contributed by atoms with Crippen LogP contribution in [0.15, 0.2) is 71.1 Å². The van der Waals surface area contributed by atoms with Gasteiger partial charge in [0.25, 0.3) is 11.5 Å². The summed E-state index contributed by atoms with van der Waals surface area (Å²) < 4.78 is 10.5. The molecule has 2 heterocycles. The summed E-state index contributed by atoms with van der Waals surface area (Å²) in [7, 11) is 4.18. The van der Waals surface area contributed by atoms with Gasteiger partial charge in [0.15, 0.2) is 12.4 Å². The number of aromatic nitrogens is 2. The number of ketones is 1. The summed E-state index contributed by atoms with van der Waals surface area (Å²) in [5.74, 6) is -1.87. The van der Waals surface area contributed by atoms with Crippen molar-refractivity contribution in [2.45, 2.75) is 91.3 Å². The number of carbonyl (C=O) groups excluding carboxylic acids is 4. The molecular weight excluding hydrogens is 943 g/mol. The number of nitrogens with zero attached hydrogens (tertiary/aromatic N) is 2. The molecule has 0 saturated heterocycles. The Hall–Kier alpha value is -5.40. The second-order valence-electron chi connectivity index (χ2n) is 19.3. The van der Waals surface area contributed by atoms with Crippen LogP contribution >= 0.6 is 32.9 Å². The summed E-state index contributed by atoms with van der Waals surface area (Å²) in [5.41, 5.74) is 3.58. The zero-order valence-corrected chi connectivity index (χ0v) is 42.0. The number of fused-ring (bicyclic) bond motifs is 6. The Morgan fingerprint density at radius 1 is 1.03 bits per heavy atom. The molecule has 8 unspecified atom stereocenters. The quantitative estimate of drug-likeness (QED) is 0.0414. The van der Waals surface area contributed by atoms with Gasteiger partial charge < -0.3 is 40.2 Å². The molecule has 5 N–H and O–H groups in total. The van der Waals surface area contributed by atoms with Crippen molar-refractivity contribution in [1.82, 2.24) is 20.6 Å². The van der Waals surface area contributed by atoms with Crippen molar-refractivity contribution in [2.24, 2.45) is 40.4 Å². The first-order valence-corrected chi connectivity index (χ1v) is 26.6. The van der Waals surface area contributed by atoms with Crippen LogP contribution < -0.4 is 21.1 Å². The third kappa shape index (κ3) is 11.6. The third-order valence-corrected chi connectivity index (χ3v) is 18.3. The van der Waals surface area contributed by atoms with Gasteiger partial charge in [0.1, 0.15) is 24.5 Å². The first-order valence-electron chi connectivity index (χ1n) is 23.3. The van der Waals surface area contributed by atoms with E-state index in [1.54, 1.807) is 31.2 Å². The van der Waals surface area contributed by atoms with E-state index in [0.717, 1.165) is 65.4 Å². The molecule has 4 aliphatic rings. The van der Waals surface area contributed by atoms with Crippen LogP contribution in [0.4, 0.5) is 9.80 Å². The van der Waals surface area contributed by atoms with E-state index in [0.29, 0.717) is 46.0 Å². The number of hydrogen-bond acceptors (Lipinski definition) is 14. The van der Waals surface area contributed by atoms with E-state index in [1.807, 2.05) is 18.0 Å².